The molecule has 1 aliphatic rings. The van der Waals surface area contributed by atoms with Crippen LogP contribution in [0.3, 0.4) is 0 Å². The average Bonchev–Trinajstić information content (AvgIpc) is 2.66. The van der Waals surface area contributed by atoms with E-state index in [1.54, 1.807) is 21.3 Å². The number of hydrogen-bond acceptors (Lipinski definition) is 5. The van der Waals surface area contributed by atoms with Gasteiger partial charge in [0.05, 0.1) is 27.9 Å². The zero-order valence-electron chi connectivity index (χ0n) is 15.6. The molecule has 0 heterocycles. The SMILES string of the molecule is CCOc1ccccc1C1CC(=O)Cc2cc(OC)c(OC)c(OC)c21. The first kappa shape index (κ1) is 18.1. The van der Waals surface area contributed by atoms with Gasteiger partial charge >= 0.3 is 0 Å². The van der Waals surface area contributed by atoms with E-state index in [0.29, 0.717) is 36.7 Å². The number of carbonyl (C=O) groups excluding carboxylic acids is 1. The Morgan fingerprint density at radius 1 is 1.00 bits per heavy atom. The Labute approximate surface area is 153 Å². The second kappa shape index (κ2) is 7.68. The Morgan fingerprint density at radius 3 is 2.38 bits per heavy atom. The smallest absolute Gasteiger partial charge is 0.203 e. The van der Waals surface area contributed by atoms with Crippen LogP contribution in [0.5, 0.6) is 23.0 Å². The lowest BCUT2D eigenvalue weighted by Gasteiger charge is -2.30. The maximum atomic E-state index is 12.5. The van der Waals surface area contributed by atoms with Gasteiger partial charge in [-0.3, -0.25) is 4.79 Å². The first-order valence-corrected chi connectivity index (χ1v) is 8.69. The third-order valence-corrected chi connectivity index (χ3v) is 4.72. The maximum Gasteiger partial charge on any atom is 0.203 e. The molecule has 0 saturated carbocycles. The lowest BCUT2D eigenvalue weighted by atomic mass is 9.77. The monoisotopic (exact) mass is 356 g/mol. The van der Waals surface area contributed by atoms with Gasteiger partial charge in [0.1, 0.15) is 11.5 Å². The molecule has 1 unspecified atom stereocenters. The van der Waals surface area contributed by atoms with Crippen molar-refractivity contribution in [3.05, 3.63) is 47.0 Å². The number of rotatable bonds is 6. The highest BCUT2D eigenvalue weighted by molar-refractivity contribution is 5.86. The van der Waals surface area contributed by atoms with Crippen LogP contribution in [0, 0.1) is 0 Å². The van der Waals surface area contributed by atoms with Crippen LogP contribution in [0.15, 0.2) is 30.3 Å². The molecule has 0 fully saturated rings. The third-order valence-electron chi connectivity index (χ3n) is 4.72. The predicted octanol–water partition coefficient (Wildman–Crippen LogP) is 3.76. The van der Waals surface area contributed by atoms with Gasteiger partial charge < -0.3 is 18.9 Å². The molecule has 0 aromatic heterocycles. The maximum absolute atomic E-state index is 12.5. The van der Waals surface area contributed by atoms with Crippen molar-refractivity contribution in [3.8, 4) is 23.0 Å². The molecular weight excluding hydrogens is 332 g/mol. The minimum absolute atomic E-state index is 0.149. The fraction of sp³-hybridized carbons (Fsp3) is 0.381. The summed E-state index contributed by atoms with van der Waals surface area (Å²) in [4.78, 5) is 12.5. The molecule has 0 spiro atoms. The zero-order chi connectivity index (χ0) is 18.7. The van der Waals surface area contributed by atoms with Crippen molar-refractivity contribution in [2.75, 3.05) is 27.9 Å². The molecule has 1 aliphatic carbocycles. The van der Waals surface area contributed by atoms with Crippen LogP contribution in [-0.2, 0) is 11.2 Å². The van der Waals surface area contributed by atoms with Gasteiger partial charge in [-0.25, -0.2) is 0 Å². The van der Waals surface area contributed by atoms with Crippen molar-refractivity contribution >= 4 is 5.78 Å². The number of benzene rings is 2. The van der Waals surface area contributed by atoms with Crippen molar-refractivity contribution in [3.63, 3.8) is 0 Å². The molecule has 0 aliphatic heterocycles. The van der Waals surface area contributed by atoms with E-state index in [2.05, 4.69) is 0 Å². The second-order valence-corrected chi connectivity index (χ2v) is 6.16. The van der Waals surface area contributed by atoms with E-state index < -0.39 is 0 Å². The summed E-state index contributed by atoms with van der Waals surface area (Å²) in [5.41, 5.74) is 2.86. The number of hydrogen-bond donors (Lipinski definition) is 0. The molecule has 2 aromatic carbocycles. The Kier molecular flexibility index (Phi) is 5.35. The summed E-state index contributed by atoms with van der Waals surface area (Å²) >= 11 is 0. The highest BCUT2D eigenvalue weighted by atomic mass is 16.5. The quantitative estimate of drug-likeness (QED) is 0.789. The van der Waals surface area contributed by atoms with E-state index in [1.165, 1.54) is 0 Å². The molecule has 1 atom stereocenters. The van der Waals surface area contributed by atoms with Gasteiger partial charge in [0.2, 0.25) is 5.75 Å². The van der Waals surface area contributed by atoms with Crippen molar-refractivity contribution in [2.24, 2.45) is 0 Å². The summed E-state index contributed by atoms with van der Waals surface area (Å²) in [5, 5.41) is 0. The van der Waals surface area contributed by atoms with Crippen molar-refractivity contribution < 1.29 is 23.7 Å². The minimum Gasteiger partial charge on any atom is -0.494 e. The minimum atomic E-state index is -0.149. The fourth-order valence-corrected chi connectivity index (χ4v) is 3.69. The number of ketones is 1. The van der Waals surface area contributed by atoms with Crippen molar-refractivity contribution in [1.29, 1.82) is 0 Å². The van der Waals surface area contributed by atoms with Crippen LogP contribution < -0.4 is 18.9 Å². The van der Waals surface area contributed by atoms with E-state index in [1.807, 2.05) is 37.3 Å². The molecule has 5 nitrogen and oxygen atoms in total. The molecule has 26 heavy (non-hydrogen) atoms. The van der Waals surface area contributed by atoms with Crippen LogP contribution in [0.25, 0.3) is 0 Å². The second-order valence-electron chi connectivity index (χ2n) is 6.16. The first-order chi connectivity index (χ1) is 12.6. The number of Topliss-reactive ketones (excluding diaryl/α,β-unsaturated/α-hetero) is 1. The molecule has 0 N–H and O–H groups in total. The van der Waals surface area contributed by atoms with Crippen LogP contribution in [0.1, 0.15) is 36.0 Å². The number of methoxy groups -OCH3 is 3. The average molecular weight is 356 g/mol. The van der Waals surface area contributed by atoms with Crippen LogP contribution in [-0.4, -0.2) is 33.7 Å². The zero-order valence-corrected chi connectivity index (χ0v) is 15.6. The summed E-state index contributed by atoms with van der Waals surface area (Å²) in [6, 6.07) is 9.72. The third kappa shape index (κ3) is 3.09. The van der Waals surface area contributed by atoms with Gasteiger partial charge in [0.15, 0.2) is 11.5 Å². The number of ether oxygens (including phenoxy) is 4. The molecule has 0 bridgehead atoms. The van der Waals surface area contributed by atoms with Crippen molar-refractivity contribution in [1.82, 2.24) is 0 Å². The molecule has 2 aromatic rings. The van der Waals surface area contributed by atoms with Gasteiger partial charge in [-0.1, -0.05) is 18.2 Å². The first-order valence-electron chi connectivity index (χ1n) is 8.69. The molecule has 3 rings (SSSR count). The predicted molar refractivity (Wildman–Crippen MR) is 98.9 cm³/mol. The molecule has 5 heteroatoms. The Bertz CT molecular complexity index is 812. The largest absolute Gasteiger partial charge is 0.494 e. The highest BCUT2D eigenvalue weighted by Gasteiger charge is 2.34. The van der Waals surface area contributed by atoms with Crippen LogP contribution in [0.4, 0.5) is 0 Å². The normalized spacial score (nSPS) is 16.0. The summed E-state index contributed by atoms with van der Waals surface area (Å²) in [6.45, 7) is 2.51. The van der Waals surface area contributed by atoms with Crippen LogP contribution >= 0.6 is 0 Å². The fourth-order valence-electron chi connectivity index (χ4n) is 3.69. The van der Waals surface area contributed by atoms with Gasteiger partial charge in [0, 0.05) is 29.9 Å². The topological polar surface area (TPSA) is 54.0 Å². The van der Waals surface area contributed by atoms with Gasteiger partial charge in [0.25, 0.3) is 0 Å². The number of para-hydroxylation sites is 1. The Balaban J connectivity index is 2.25. The highest BCUT2D eigenvalue weighted by Crippen LogP contribution is 2.50. The van der Waals surface area contributed by atoms with E-state index in [4.69, 9.17) is 18.9 Å². The number of carbonyl (C=O) groups is 1. The summed E-state index contributed by atoms with van der Waals surface area (Å²) in [7, 11) is 4.78. The lowest BCUT2D eigenvalue weighted by molar-refractivity contribution is -0.119. The Morgan fingerprint density at radius 2 is 1.73 bits per heavy atom. The van der Waals surface area contributed by atoms with Gasteiger partial charge in [-0.2, -0.15) is 0 Å². The molecule has 0 radical (unpaired) electrons. The molecule has 0 saturated heterocycles. The van der Waals surface area contributed by atoms with Crippen LogP contribution in [0.2, 0.25) is 0 Å². The van der Waals surface area contributed by atoms with E-state index in [0.717, 1.165) is 22.4 Å². The summed E-state index contributed by atoms with van der Waals surface area (Å²) < 4.78 is 22.5. The van der Waals surface area contributed by atoms with Crippen molar-refractivity contribution in [2.45, 2.75) is 25.7 Å². The summed E-state index contributed by atoms with van der Waals surface area (Å²) in [6.07, 6.45) is 0.766. The number of fused-ring (bicyclic) bond motifs is 1. The van der Waals surface area contributed by atoms with E-state index in [9.17, 15) is 4.79 Å². The van der Waals surface area contributed by atoms with E-state index in [-0.39, 0.29) is 11.7 Å². The lowest BCUT2D eigenvalue weighted by Crippen LogP contribution is -2.21. The van der Waals surface area contributed by atoms with E-state index >= 15 is 0 Å². The Hall–Kier alpha value is -2.69. The molecule has 0 amide bonds. The molecule has 138 valence electrons. The van der Waals surface area contributed by atoms with Gasteiger partial charge in [-0.05, 0) is 24.6 Å². The standard InChI is InChI=1S/C21H24O5/c1-5-26-17-9-7-6-8-15(17)16-12-14(22)10-13-11-18(23-2)20(24-3)21(25-4)19(13)16/h6-9,11,16H,5,10,12H2,1-4H3. The molecular formula is C21H24O5. The summed E-state index contributed by atoms with van der Waals surface area (Å²) in [5.74, 6) is 2.55. The van der Waals surface area contributed by atoms with Gasteiger partial charge in [-0.15, -0.1) is 0 Å².